The van der Waals surface area contributed by atoms with E-state index < -0.39 is 9.84 Å². The molecule has 0 saturated heterocycles. The number of hydrogen-bond acceptors (Lipinski definition) is 4. The quantitative estimate of drug-likeness (QED) is 0.889. The Kier molecular flexibility index (Phi) is 4.29. The van der Waals surface area contributed by atoms with E-state index in [1.807, 2.05) is 12.1 Å². The van der Waals surface area contributed by atoms with Gasteiger partial charge in [0.2, 0.25) is 0 Å². The number of aromatic hydroxyl groups is 1. The summed E-state index contributed by atoms with van der Waals surface area (Å²) in [6.45, 7) is 2.10. The largest absolute Gasteiger partial charge is 0.508 e. The molecule has 0 aromatic heterocycles. The van der Waals surface area contributed by atoms with Gasteiger partial charge in [-0.25, -0.2) is 8.42 Å². The van der Waals surface area contributed by atoms with Crippen molar-refractivity contribution in [3.05, 3.63) is 54.1 Å². The van der Waals surface area contributed by atoms with Gasteiger partial charge < -0.3 is 10.4 Å². The van der Waals surface area contributed by atoms with Gasteiger partial charge in [0.25, 0.3) is 0 Å². The molecular weight excluding hydrogens is 274 g/mol. The molecule has 0 unspecified atom stereocenters. The summed E-state index contributed by atoms with van der Waals surface area (Å²) in [6, 6.07) is 13.7. The summed E-state index contributed by atoms with van der Waals surface area (Å²) < 4.78 is 23.4. The van der Waals surface area contributed by atoms with Gasteiger partial charge in [-0.2, -0.15) is 0 Å². The van der Waals surface area contributed by atoms with Crippen LogP contribution in [0.1, 0.15) is 12.5 Å². The van der Waals surface area contributed by atoms with Crippen LogP contribution in [0.25, 0.3) is 0 Å². The van der Waals surface area contributed by atoms with Gasteiger partial charge in [-0.3, -0.25) is 0 Å². The highest BCUT2D eigenvalue weighted by Crippen LogP contribution is 2.19. The molecule has 0 aliphatic heterocycles. The summed E-state index contributed by atoms with van der Waals surface area (Å²) in [7, 11) is -3.16. The molecule has 0 atom stereocenters. The SMILES string of the molecule is CCS(=O)(=O)c1ccc(NCc2ccccc2O)cc1. The highest BCUT2D eigenvalue weighted by Gasteiger charge is 2.10. The lowest BCUT2D eigenvalue weighted by Gasteiger charge is -2.09. The maximum atomic E-state index is 11.7. The second-order valence-corrected chi connectivity index (χ2v) is 6.69. The molecular formula is C15H17NO3S. The maximum Gasteiger partial charge on any atom is 0.178 e. The zero-order valence-electron chi connectivity index (χ0n) is 11.2. The van der Waals surface area contributed by atoms with Crippen molar-refractivity contribution >= 4 is 15.5 Å². The number of anilines is 1. The summed E-state index contributed by atoms with van der Waals surface area (Å²) in [5.41, 5.74) is 1.60. The molecule has 0 fully saturated rings. The average molecular weight is 291 g/mol. The number of rotatable bonds is 5. The van der Waals surface area contributed by atoms with Crippen LogP contribution in [0, 0.1) is 0 Å². The fourth-order valence-electron chi connectivity index (χ4n) is 1.80. The van der Waals surface area contributed by atoms with Gasteiger partial charge >= 0.3 is 0 Å². The van der Waals surface area contributed by atoms with E-state index in [0.29, 0.717) is 11.4 Å². The number of para-hydroxylation sites is 1. The summed E-state index contributed by atoms with van der Waals surface area (Å²) in [6.07, 6.45) is 0. The summed E-state index contributed by atoms with van der Waals surface area (Å²) in [5, 5.41) is 12.8. The minimum atomic E-state index is -3.16. The zero-order valence-corrected chi connectivity index (χ0v) is 12.0. The third-order valence-corrected chi connectivity index (χ3v) is 4.82. The Morgan fingerprint density at radius 3 is 2.30 bits per heavy atom. The number of sulfone groups is 1. The van der Waals surface area contributed by atoms with E-state index in [-0.39, 0.29) is 11.5 Å². The van der Waals surface area contributed by atoms with E-state index in [2.05, 4.69) is 5.32 Å². The highest BCUT2D eigenvalue weighted by molar-refractivity contribution is 7.91. The predicted octanol–water partition coefficient (Wildman–Crippen LogP) is 2.80. The molecule has 2 aromatic carbocycles. The fourth-order valence-corrected chi connectivity index (χ4v) is 2.69. The first kappa shape index (κ1) is 14.4. The van der Waals surface area contributed by atoms with Gasteiger partial charge in [0.1, 0.15) is 5.75 Å². The van der Waals surface area contributed by atoms with Gasteiger partial charge in [-0.1, -0.05) is 25.1 Å². The zero-order chi connectivity index (χ0) is 14.6. The first-order valence-corrected chi connectivity index (χ1v) is 8.01. The minimum absolute atomic E-state index is 0.0949. The molecule has 2 N–H and O–H groups in total. The number of hydrogen-bond donors (Lipinski definition) is 2. The Labute approximate surface area is 119 Å². The summed E-state index contributed by atoms with van der Waals surface area (Å²) in [5.74, 6) is 0.336. The van der Waals surface area contributed by atoms with Crippen molar-refractivity contribution in [2.45, 2.75) is 18.4 Å². The molecule has 0 bridgehead atoms. The summed E-state index contributed by atoms with van der Waals surface area (Å²) in [4.78, 5) is 0.327. The first-order chi connectivity index (χ1) is 9.53. The van der Waals surface area contributed by atoms with Crippen molar-refractivity contribution in [2.75, 3.05) is 11.1 Å². The Morgan fingerprint density at radius 2 is 1.70 bits per heavy atom. The van der Waals surface area contributed by atoms with Crippen LogP contribution in [0.15, 0.2) is 53.4 Å². The van der Waals surface area contributed by atoms with E-state index >= 15 is 0 Å². The molecule has 0 aliphatic rings. The van der Waals surface area contributed by atoms with Crippen molar-refractivity contribution in [2.24, 2.45) is 0 Å². The number of phenolic OH excluding ortho intramolecular Hbond substituents is 1. The van der Waals surface area contributed by atoms with E-state index in [9.17, 15) is 13.5 Å². The third-order valence-electron chi connectivity index (χ3n) is 3.07. The molecule has 2 rings (SSSR count). The topological polar surface area (TPSA) is 66.4 Å². The lowest BCUT2D eigenvalue weighted by molar-refractivity contribution is 0.469. The predicted molar refractivity (Wildman–Crippen MR) is 79.6 cm³/mol. The monoisotopic (exact) mass is 291 g/mol. The molecule has 0 spiro atoms. The Balaban J connectivity index is 2.07. The molecule has 20 heavy (non-hydrogen) atoms. The molecule has 2 aromatic rings. The molecule has 0 radical (unpaired) electrons. The van der Waals surface area contributed by atoms with Crippen LogP contribution >= 0.6 is 0 Å². The van der Waals surface area contributed by atoms with Crippen LogP contribution in [0.3, 0.4) is 0 Å². The van der Waals surface area contributed by atoms with Crippen molar-refractivity contribution in [1.29, 1.82) is 0 Å². The lowest BCUT2D eigenvalue weighted by Crippen LogP contribution is -2.04. The second-order valence-electron chi connectivity index (χ2n) is 4.41. The maximum absolute atomic E-state index is 11.7. The molecule has 4 nitrogen and oxygen atoms in total. The third kappa shape index (κ3) is 3.30. The van der Waals surface area contributed by atoms with E-state index in [0.717, 1.165) is 11.3 Å². The standard InChI is InChI=1S/C15H17NO3S/c1-2-20(18,19)14-9-7-13(8-10-14)16-11-12-5-3-4-6-15(12)17/h3-10,16-17H,2,11H2,1H3. The normalized spacial score (nSPS) is 11.2. The Bertz CT molecular complexity index is 679. The van der Waals surface area contributed by atoms with Crippen molar-refractivity contribution < 1.29 is 13.5 Å². The number of nitrogens with one attached hydrogen (secondary N) is 1. The second kappa shape index (κ2) is 5.96. The van der Waals surface area contributed by atoms with Crippen LogP contribution in [-0.2, 0) is 16.4 Å². The van der Waals surface area contributed by atoms with Crippen LogP contribution in [0.4, 0.5) is 5.69 Å². The van der Waals surface area contributed by atoms with Crippen molar-refractivity contribution in [3.8, 4) is 5.75 Å². The number of benzene rings is 2. The molecule has 5 heteroatoms. The van der Waals surface area contributed by atoms with Crippen LogP contribution in [0.2, 0.25) is 0 Å². The average Bonchev–Trinajstić information content (AvgIpc) is 2.47. The summed E-state index contributed by atoms with van der Waals surface area (Å²) >= 11 is 0. The Hall–Kier alpha value is -2.01. The molecule has 0 aliphatic carbocycles. The van der Waals surface area contributed by atoms with Gasteiger partial charge in [0.15, 0.2) is 9.84 Å². The van der Waals surface area contributed by atoms with E-state index in [1.54, 1.807) is 43.3 Å². The molecule has 0 amide bonds. The van der Waals surface area contributed by atoms with Crippen LogP contribution in [-0.4, -0.2) is 19.3 Å². The fraction of sp³-hybridized carbons (Fsp3) is 0.200. The number of phenols is 1. The molecule has 0 heterocycles. The van der Waals surface area contributed by atoms with Crippen molar-refractivity contribution in [3.63, 3.8) is 0 Å². The first-order valence-electron chi connectivity index (χ1n) is 6.36. The molecule has 0 saturated carbocycles. The van der Waals surface area contributed by atoms with Crippen molar-refractivity contribution in [1.82, 2.24) is 0 Å². The van der Waals surface area contributed by atoms with E-state index in [4.69, 9.17) is 0 Å². The van der Waals surface area contributed by atoms with Gasteiger partial charge in [0, 0.05) is 17.8 Å². The van der Waals surface area contributed by atoms with E-state index in [1.165, 1.54) is 0 Å². The van der Waals surface area contributed by atoms with Gasteiger partial charge in [-0.05, 0) is 30.3 Å². The van der Waals surface area contributed by atoms with Gasteiger partial charge in [-0.15, -0.1) is 0 Å². The lowest BCUT2D eigenvalue weighted by atomic mass is 10.2. The van der Waals surface area contributed by atoms with Crippen LogP contribution < -0.4 is 5.32 Å². The van der Waals surface area contributed by atoms with Crippen LogP contribution in [0.5, 0.6) is 5.75 Å². The van der Waals surface area contributed by atoms with Gasteiger partial charge in [0.05, 0.1) is 10.6 Å². The molecule has 106 valence electrons. The highest BCUT2D eigenvalue weighted by atomic mass is 32.2. The Morgan fingerprint density at radius 1 is 1.05 bits per heavy atom. The smallest absolute Gasteiger partial charge is 0.178 e. The minimum Gasteiger partial charge on any atom is -0.508 e.